The summed E-state index contributed by atoms with van der Waals surface area (Å²) in [6.07, 6.45) is 0.541. The maximum Gasteiger partial charge on any atom is 0.335 e. The molecule has 7 nitrogen and oxygen atoms in total. The SMILES string of the molecule is CCc1nn(C)c(NN(C)C)c1[N+](=O)[O-]. The number of rotatable bonds is 4. The van der Waals surface area contributed by atoms with E-state index in [-0.39, 0.29) is 5.69 Å². The molecular weight excluding hydrogens is 198 g/mol. The maximum absolute atomic E-state index is 10.9. The molecule has 0 aliphatic rings. The van der Waals surface area contributed by atoms with Gasteiger partial charge in [-0.1, -0.05) is 6.92 Å². The van der Waals surface area contributed by atoms with Crippen LogP contribution in [0.15, 0.2) is 0 Å². The van der Waals surface area contributed by atoms with E-state index in [1.807, 2.05) is 6.92 Å². The Morgan fingerprint density at radius 3 is 2.60 bits per heavy atom. The first-order valence-corrected chi connectivity index (χ1v) is 4.61. The van der Waals surface area contributed by atoms with Crippen molar-refractivity contribution >= 4 is 11.5 Å². The summed E-state index contributed by atoms with van der Waals surface area (Å²) in [6, 6.07) is 0. The number of aromatic nitrogens is 2. The summed E-state index contributed by atoms with van der Waals surface area (Å²) in [5.41, 5.74) is 3.41. The third-order valence-electron chi connectivity index (χ3n) is 1.94. The first-order chi connectivity index (χ1) is 6.97. The zero-order valence-electron chi connectivity index (χ0n) is 9.31. The number of anilines is 1. The van der Waals surface area contributed by atoms with Crippen molar-refractivity contribution in [3.8, 4) is 0 Å². The lowest BCUT2D eigenvalue weighted by Gasteiger charge is -2.12. The minimum atomic E-state index is -0.405. The molecule has 0 atom stereocenters. The molecule has 0 amide bonds. The Bertz CT molecular complexity index is 371. The lowest BCUT2D eigenvalue weighted by molar-refractivity contribution is -0.384. The second kappa shape index (κ2) is 4.26. The van der Waals surface area contributed by atoms with Gasteiger partial charge in [0.15, 0.2) is 0 Å². The van der Waals surface area contributed by atoms with Crippen molar-refractivity contribution in [1.82, 2.24) is 14.8 Å². The van der Waals surface area contributed by atoms with Crippen molar-refractivity contribution in [3.05, 3.63) is 15.8 Å². The fraction of sp³-hybridized carbons (Fsp3) is 0.625. The summed E-state index contributed by atoms with van der Waals surface area (Å²) >= 11 is 0. The average Bonchev–Trinajstić information content (AvgIpc) is 2.42. The van der Waals surface area contributed by atoms with Crippen molar-refractivity contribution in [2.45, 2.75) is 13.3 Å². The van der Waals surface area contributed by atoms with Crippen LogP contribution >= 0.6 is 0 Å². The smallest absolute Gasteiger partial charge is 0.298 e. The zero-order chi connectivity index (χ0) is 11.6. The Balaban J connectivity index is 3.22. The van der Waals surface area contributed by atoms with Gasteiger partial charge < -0.3 is 0 Å². The number of hydrogen-bond donors (Lipinski definition) is 1. The van der Waals surface area contributed by atoms with Gasteiger partial charge in [-0.15, -0.1) is 0 Å². The van der Waals surface area contributed by atoms with Gasteiger partial charge in [0.05, 0.1) is 4.92 Å². The van der Waals surface area contributed by atoms with E-state index in [0.29, 0.717) is 17.9 Å². The van der Waals surface area contributed by atoms with Gasteiger partial charge in [0, 0.05) is 21.1 Å². The molecule has 1 aromatic rings. The van der Waals surface area contributed by atoms with Crippen molar-refractivity contribution in [3.63, 3.8) is 0 Å². The van der Waals surface area contributed by atoms with Crippen LogP contribution in [0.5, 0.6) is 0 Å². The number of hydrogen-bond acceptors (Lipinski definition) is 5. The molecule has 1 N–H and O–H groups in total. The molecule has 1 rings (SSSR count). The van der Waals surface area contributed by atoms with Crippen LogP contribution in [-0.4, -0.2) is 33.8 Å². The zero-order valence-corrected chi connectivity index (χ0v) is 9.31. The molecule has 7 heteroatoms. The molecular formula is C8H15N5O2. The predicted octanol–water partition coefficient (Wildman–Crippen LogP) is 0.779. The number of nitrogens with one attached hydrogen (secondary N) is 1. The van der Waals surface area contributed by atoms with Crippen LogP contribution in [0.25, 0.3) is 0 Å². The lowest BCUT2D eigenvalue weighted by atomic mass is 10.3. The molecule has 1 heterocycles. The monoisotopic (exact) mass is 213 g/mol. The standard InChI is InChI=1S/C8H15N5O2/c1-5-6-7(13(14)15)8(10-11(2)3)12(4)9-6/h10H,5H2,1-4H3. The van der Waals surface area contributed by atoms with Crippen LogP contribution in [0.3, 0.4) is 0 Å². The van der Waals surface area contributed by atoms with Gasteiger partial charge in [0.25, 0.3) is 0 Å². The predicted molar refractivity (Wildman–Crippen MR) is 56.6 cm³/mol. The highest BCUT2D eigenvalue weighted by atomic mass is 16.6. The number of nitrogens with zero attached hydrogens (tertiary/aromatic N) is 4. The summed E-state index contributed by atoms with van der Waals surface area (Å²) in [7, 11) is 5.21. The van der Waals surface area contributed by atoms with E-state index in [0.717, 1.165) is 0 Å². The van der Waals surface area contributed by atoms with Gasteiger partial charge in [0.2, 0.25) is 5.82 Å². The molecule has 15 heavy (non-hydrogen) atoms. The van der Waals surface area contributed by atoms with Crippen LogP contribution in [-0.2, 0) is 13.5 Å². The minimum Gasteiger partial charge on any atom is -0.298 e. The minimum absolute atomic E-state index is 0.0497. The highest BCUT2D eigenvalue weighted by Gasteiger charge is 2.25. The molecule has 0 spiro atoms. The molecule has 0 saturated heterocycles. The molecule has 0 aliphatic heterocycles. The number of aryl methyl sites for hydroxylation is 2. The van der Waals surface area contributed by atoms with Gasteiger partial charge in [0.1, 0.15) is 5.69 Å². The molecule has 0 fully saturated rings. The highest BCUT2D eigenvalue weighted by molar-refractivity contribution is 5.59. The van der Waals surface area contributed by atoms with E-state index < -0.39 is 4.92 Å². The van der Waals surface area contributed by atoms with E-state index in [1.54, 1.807) is 26.2 Å². The summed E-state index contributed by atoms with van der Waals surface area (Å²) in [6.45, 7) is 1.84. The Morgan fingerprint density at radius 2 is 2.20 bits per heavy atom. The van der Waals surface area contributed by atoms with Crippen LogP contribution in [0.2, 0.25) is 0 Å². The van der Waals surface area contributed by atoms with Crippen LogP contribution in [0, 0.1) is 10.1 Å². The Labute approximate surface area is 87.8 Å². The fourth-order valence-electron chi connectivity index (χ4n) is 1.34. The Morgan fingerprint density at radius 1 is 1.60 bits per heavy atom. The molecule has 0 bridgehead atoms. The second-order valence-corrected chi connectivity index (χ2v) is 3.38. The van der Waals surface area contributed by atoms with Crippen molar-refractivity contribution < 1.29 is 4.92 Å². The van der Waals surface area contributed by atoms with Gasteiger partial charge in [-0.2, -0.15) is 5.10 Å². The topological polar surface area (TPSA) is 76.2 Å². The van der Waals surface area contributed by atoms with E-state index in [9.17, 15) is 10.1 Å². The molecule has 84 valence electrons. The fourth-order valence-corrected chi connectivity index (χ4v) is 1.34. The first-order valence-electron chi connectivity index (χ1n) is 4.61. The summed E-state index contributed by atoms with van der Waals surface area (Å²) < 4.78 is 1.48. The Kier molecular flexibility index (Phi) is 3.25. The van der Waals surface area contributed by atoms with Crippen LogP contribution < -0.4 is 5.43 Å². The second-order valence-electron chi connectivity index (χ2n) is 3.38. The average molecular weight is 213 g/mol. The van der Waals surface area contributed by atoms with Gasteiger partial charge in [-0.3, -0.25) is 15.5 Å². The van der Waals surface area contributed by atoms with Crippen LogP contribution in [0.1, 0.15) is 12.6 Å². The van der Waals surface area contributed by atoms with Gasteiger partial charge in [-0.25, -0.2) is 9.69 Å². The largest absolute Gasteiger partial charge is 0.335 e. The van der Waals surface area contributed by atoms with Gasteiger partial charge in [-0.05, 0) is 6.42 Å². The van der Waals surface area contributed by atoms with E-state index in [1.165, 1.54) is 4.68 Å². The van der Waals surface area contributed by atoms with Crippen molar-refractivity contribution in [1.29, 1.82) is 0 Å². The van der Waals surface area contributed by atoms with Gasteiger partial charge >= 0.3 is 5.69 Å². The van der Waals surface area contributed by atoms with E-state index >= 15 is 0 Å². The highest BCUT2D eigenvalue weighted by Crippen LogP contribution is 2.28. The Hall–Kier alpha value is -1.63. The van der Waals surface area contributed by atoms with Crippen molar-refractivity contribution in [2.75, 3.05) is 19.5 Å². The summed E-state index contributed by atoms with van der Waals surface area (Å²) in [5.74, 6) is 0.404. The molecule has 0 aliphatic carbocycles. The summed E-state index contributed by atoms with van der Waals surface area (Å²) in [4.78, 5) is 10.5. The normalized spacial score (nSPS) is 10.7. The summed E-state index contributed by atoms with van der Waals surface area (Å²) in [5, 5.41) is 16.6. The van der Waals surface area contributed by atoms with E-state index in [4.69, 9.17) is 0 Å². The van der Waals surface area contributed by atoms with E-state index in [2.05, 4.69) is 10.5 Å². The molecule has 0 radical (unpaired) electrons. The third-order valence-corrected chi connectivity index (χ3v) is 1.94. The quantitative estimate of drug-likeness (QED) is 0.590. The molecule has 0 aromatic carbocycles. The number of hydrazine groups is 1. The first kappa shape index (κ1) is 11.4. The lowest BCUT2D eigenvalue weighted by Crippen LogP contribution is -2.22. The molecule has 1 aromatic heterocycles. The molecule has 0 saturated carbocycles. The van der Waals surface area contributed by atoms with Crippen LogP contribution in [0.4, 0.5) is 11.5 Å². The molecule has 0 unspecified atom stereocenters. The third kappa shape index (κ3) is 2.24. The van der Waals surface area contributed by atoms with Crippen molar-refractivity contribution in [2.24, 2.45) is 7.05 Å². The number of nitro groups is 1. The maximum atomic E-state index is 10.9.